The first-order valence-corrected chi connectivity index (χ1v) is 6.13. The summed E-state index contributed by atoms with van der Waals surface area (Å²) in [6.07, 6.45) is 0.947. The molecule has 17 heavy (non-hydrogen) atoms. The van der Waals surface area contributed by atoms with Gasteiger partial charge in [0.15, 0.2) is 0 Å². The molecular formula is C12H24N2O3. The number of ether oxygens (including phenoxy) is 1. The van der Waals surface area contributed by atoms with Crippen molar-refractivity contribution in [2.75, 3.05) is 19.7 Å². The quantitative estimate of drug-likeness (QED) is 0.490. The van der Waals surface area contributed by atoms with Crippen molar-refractivity contribution < 1.29 is 14.3 Å². The molecular weight excluding hydrogens is 220 g/mol. The van der Waals surface area contributed by atoms with E-state index in [0.29, 0.717) is 26.0 Å². The standard InChI is InChI=1S/C12H24N2O3/c1-5-14-12(3,4)11(16)13-9-7-8-10(15)17-6-2/h14H,5-9H2,1-4H3,(H,13,16). The fourth-order valence-corrected chi connectivity index (χ4v) is 1.41. The van der Waals surface area contributed by atoms with Crippen LogP contribution in [0.3, 0.4) is 0 Å². The van der Waals surface area contributed by atoms with Crippen molar-refractivity contribution >= 4 is 11.9 Å². The molecule has 0 bridgehead atoms. The van der Waals surface area contributed by atoms with Crippen LogP contribution in [0.25, 0.3) is 0 Å². The first-order chi connectivity index (χ1) is 7.94. The molecule has 0 unspecified atom stereocenters. The SMILES string of the molecule is CCNC(C)(C)C(=O)NCCCC(=O)OCC. The highest BCUT2D eigenvalue weighted by Gasteiger charge is 2.25. The number of nitrogens with one attached hydrogen (secondary N) is 2. The van der Waals surface area contributed by atoms with E-state index in [2.05, 4.69) is 10.6 Å². The van der Waals surface area contributed by atoms with E-state index in [1.165, 1.54) is 0 Å². The van der Waals surface area contributed by atoms with Gasteiger partial charge in [0.1, 0.15) is 0 Å². The molecule has 0 aliphatic rings. The molecule has 0 spiro atoms. The zero-order valence-electron chi connectivity index (χ0n) is 11.3. The van der Waals surface area contributed by atoms with Crippen LogP contribution in [0, 0.1) is 0 Å². The number of amides is 1. The van der Waals surface area contributed by atoms with Crippen LogP contribution in [0.2, 0.25) is 0 Å². The highest BCUT2D eigenvalue weighted by atomic mass is 16.5. The minimum Gasteiger partial charge on any atom is -0.466 e. The van der Waals surface area contributed by atoms with Crippen LogP contribution in [0.1, 0.15) is 40.5 Å². The van der Waals surface area contributed by atoms with Gasteiger partial charge in [0.05, 0.1) is 12.1 Å². The topological polar surface area (TPSA) is 67.4 Å². The van der Waals surface area contributed by atoms with Gasteiger partial charge in [0, 0.05) is 13.0 Å². The van der Waals surface area contributed by atoms with Crippen molar-refractivity contribution in [3.05, 3.63) is 0 Å². The van der Waals surface area contributed by atoms with Gasteiger partial charge in [-0.2, -0.15) is 0 Å². The van der Waals surface area contributed by atoms with Gasteiger partial charge in [-0.15, -0.1) is 0 Å². The molecule has 0 radical (unpaired) electrons. The summed E-state index contributed by atoms with van der Waals surface area (Å²) in [5, 5.41) is 5.88. The van der Waals surface area contributed by atoms with Crippen molar-refractivity contribution in [1.29, 1.82) is 0 Å². The summed E-state index contributed by atoms with van der Waals surface area (Å²) in [7, 11) is 0. The Balaban J connectivity index is 3.75. The normalized spacial score (nSPS) is 11.1. The van der Waals surface area contributed by atoms with Crippen LogP contribution in [0.4, 0.5) is 0 Å². The van der Waals surface area contributed by atoms with Crippen LogP contribution in [0.15, 0.2) is 0 Å². The minimum absolute atomic E-state index is 0.0526. The van der Waals surface area contributed by atoms with Gasteiger partial charge in [-0.25, -0.2) is 0 Å². The van der Waals surface area contributed by atoms with Crippen LogP contribution in [-0.2, 0) is 14.3 Å². The maximum Gasteiger partial charge on any atom is 0.305 e. The van der Waals surface area contributed by atoms with E-state index in [4.69, 9.17) is 4.74 Å². The summed E-state index contributed by atoms with van der Waals surface area (Å²) in [5.74, 6) is -0.268. The second kappa shape index (κ2) is 8.06. The zero-order valence-corrected chi connectivity index (χ0v) is 11.3. The molecule has 100 valence electrons. The number of likely N-dealkylation sites (N-methyl/N-ethyl adjacent to an activating group) is 1. The van der Waals surface area contributed by atoms with Gasteiger partial charge in [-0.3, -0.25) is 9.59 Å². The lowest BCUT2D eigenvalue weighted by atomic mass is 10.0. The number of rotatable bonds is 8. The van der Waals surface area contributed by atoms with E-state index >= 15 is 0 Å². The predicted molar refractivity (Wildman–Crippen MR) is 66.6 cm³/mol. The number of hydrogen-bond acceptors (Lipinski definition) is 4. The molecule has 0 atom stereocenters. The number of hydrogen-bond donors (Lipinski definition) is 2. The molecule has 0 aliphatic heterocycles. The highest BCUT2D eigenvalue weighted by molar-refractivity contribution is 5.85. The first kappa shape index (κ1) is 15.9. The average molecular weight is 244 g/mol. The molecule has 0 aromatic carbocycles. The van der Waals surface area contributed by atoms with Crippen molar-refractivity contribution in [2.24, 2.45) is 0 Å². The second-order valence-corrected chi connectivity index (χ2v) is 4.32. The lowest BCUT2D eigenvalue weighted by Gasteiger charge is -2.24. The molecule has 0 saturated carbocycles. The smallest absolute Gasteiger partial charge is 0.305 e. The van der Waals surface area contributed by atoms with Crippen LogP contribution >= 0.6 is 0 Å². The number of carbonyl (C=O) groups is 2. The molecule has 0 saturated heterocycles. The van der Waals surface area contributed by atoms with Crippen molar-refractivity contribution in [3.8, 4) is 0 Å². The molecule has 5 nitrogen and oxygen atoms in total. The van der Waals surface area contributed by atoms with Crippen LogP contribution < -0.4 is 10.6 Å². The Morgan fingerprint density at radius 1 is 1.24 bits per heavy atom. The third kappa shape index (κ3) is 6.94. The van der Waals surface area contributed by atoms with Gasteiger partial charge in [-0.1, -0.05) is 6.92 Å². The van der Waals surface area contributed by atoms with E-state index in [-0.39, 0.29) is 11.9 Å². The van der Waals surface area contributed by atoms with Crippen molar-refractivity contribution in [2.45, 2.75) is 46.1 Å². The summed E-state index contributed by atoms with van der Waals surface area (Å²) in [6.45, 7) is 9.02. The monoisotopic (exact) mass is 244 g/mol. The van der Waals surface area contributed by atoms with Gasteiger partial charge in [0.25, 0.3) is 0 Å². The number of carbonyl (C=O) groups excluding carboxylic acids is 2. The third-order valence-corrected chi connectivity index (χ3v) is 2.33. The fraction of sp³-hybridized carbons (Fsp3) is 0.833. The second-order valence-electron chi connectivity index (χ2n) is 4.32. The zero-order chi connectivity index (χ0) is 13.3. The average Bonchev–Trinajstić information content (AvgIpc) is 2.24. The third-order valence-electron chi connectivity index (χ3n) is 2.33. The Hall–Kier alpha value is -1.10. The lowest BCUT2D eigenvalue weighted by Crippen LogP contribution is -2.52. The molecule has 0 heterocycles. The van der Waals surface area contributed by atoms with Crippen molar-refractivity contribution in [1.82, 2.24) is 10.6 Å². The lowest BCUT2D eigenvalue weighted by molar-refractivity contribution is -0.143. The molecule has 0 aliphatic carbocycles. The Labute approximate surface area is 103 Å². The molecule has 0 aromatic heterocycles. The predicted octanol–water partition coefficient (Wildman–Crippen LogP) is 0.834. The highest BCUT2D eigenvalue weighted by Crippen LogP contribution is 2.01. The molecule has 0 aromatic rings. The summed E-state index contributed by atoms with van der Waals surface area (Å²) in [4.78, 5) is 22.8. The minimum atomic E-state index is -0.571. The van der Waals surface area contributed by atoms with Crippen LogP contribution in [0.5, 0.6) is 0 Å². The van der Waals surface area contributed by atoms with Gasteiger partial charge in [0.2, 0.25) is 5.91 Å². The van der Waals surface area contributed by atoms with Crippen molar-refractivity contribution in [3.63, 3.8) is 0 Å². The molecule has 5 heteroatoms. The van der Waals surface area contributed by atoms with Gasteiger partial charge < -0.3 is 15.4 Å². The Morgan fingerprint density at radius 2 is 1.88 bits per heavy atom. The number of esters is 1. The first-order valence-electron chi connectivity index (χ1n) is 6.13. The molecule has 2 N–H and O–H groups in total. The summed E-state index contributed by atoms with van der Waals surface area (Å²) in [5.41, 5.74) is -0.571. The Bertz CT molecular complexity index is 252. The van der Waals surface area contributed by atoms with Gasteiger partial charge >= 0.3 is 5.97 Å². The van der Waals surface area contributed by atoms with E-state index in [1.54, 1.807) is 6.92 Å². The van der Waals surface area contributed by atoms with Gasteiger partial charge in [-0.05, 0) is 33.7 Å². The fourth-order valence-electron chi connectivity index (χ4n) is 1.41. The Kier molecular flexibility index (Phi) is 7.54. The molecule has 0 rings (SSSR count). The Morgan fingerprint density at radius 3 is 2.41 bits per heavy atom. The molecule has 0 fully saturated rings. The maximum absolute atomic E-state index is 11.7. The summed E-state index contributed by atoms with van der Waals surface area (Å²) >= 11 is 0. The van der Waals surface area contributed by atoms with Crippen LogP contribution in [-0.4, -0.2) is 37.1 Å². The maximum atomic E-state index is 11.7. The van der Waals surface area contributed by atoms with E-state index in [1.807, 2.05) is 20.8 Å². The largest absolute Gasteiger partial charge is 0.466 e. The molecule has 1 amide bonds. The summed E-state index contributed by atoms with van der Waals surface area (Å²) < 4.78 is 4.79. The van der Waals surface area contributed by atoms with E-state index < -0.39 is 5.54 Å². The van der Waals surface area contributed by atoms with E-state index in [0.717, 1.165) is 6.54 Å². The summed E-state index contributed by atoms with van der Waals surface area (Å²) in [6, 6.07) is 0. The van der Waals surface area contributed by atoms with E-state index in [9.17, 15) is 9.59 Å².